The summed E-state index contributed by atoms with van der Waals surface area (Å²) in [6.07, 6.45) is 3.12. The lowest BCUT2D eigenvalue weighted by atomic mass is 10.2. The molecule has 0 bridgehead atoms. The fourth-order valence-corrected chi connectivity index (χ4v) is 2.56. The first-order valence-corrected chi connectivity index (χ1v) is 8.62. The normalized spacial score (nSPS) is 10.7. The minimum absolute atomic E-state index is 0.295. The number of halogens is 2. The molecule has 0 unspecified atom stereocenters. The van der Waals surface area contributed by atoms with Crippen molar-refractivity contribution in [1.29, 1.82) is 0 Å². The average Bonchev–Trinajstić information content (AvgIpc) is 2.58. The molecule has 1 amide bonds. The largest absolute Gasteiger partial charge is 0.490 e. The van der Waals surface area contributed by atoms with Crippen molar-refractivity contribution in [1.82, 2.24) is 0 Å². The van der Waals surface area contributed by atoms with Gasteiger partial charge in [0.15, 0.2) is 11.5 Å². The quantitative estimate of drug-likeness (QED) is 0.651. The van der Waals surface area contributed by atoms with Crippen LogP contribution in [0.3, 0.4) is 0 Å². The summed E-state index contributed by atoms with van der Waals surface area (Å²) in [6.45, 7) is 4.90. The van der Waals surface area contributed by atoms with Gasteiger partial charge in [-0.1, -0.05) is 29.3 Å². The standard InChI is InChI=1S/C19H19Cl2NO3/c1-3-24-17-9-5-13(11-18(17)25-4-2)6-10-19(23)22-16-8-7-14(20)12-15(16)21/h5-12H,3-4H2,1-2H3,(H,22,23)/b10-6+. The van der Waals surface area contributed by atoms with E-state index in [2.05, 4.69) is 5.32 Å². The fourth-order valence-electron chi connectivity index (χ4n) is 2.11. The summed E-state index contributed by atoms with van der Waals surface area (Å²) in [5, 5.41) is 3.60. The lowest BCUT2D eigenvalue weighted by Crippen LogP contribution is -2.08. The molecule has 6 heteroatoms. The third-order valence-electron chi connectivity index (χ3n) is 3.18. The highest BCUT2D eigenvalue weighted by atomic mass is 35.5. The lowest BCUT2D eigenvalue weighted by Gasteiger charge is -2.11. The summed E-state index contributed by atoms with van der Waals surface area (Å²) >= 11 is 11.9. The van der Waals surface area contributed by atoms with Gasteiger partial charge in [0.2, 0.25) is 5.91 Å². The van der Waals surface area contributed by atoms with Crippen LogP contribution < -0.4 is 14.8 Å². The van der Waals surface area contributed by atoms with Crippen molar-refractivity contribution < 1.29 is 14.3 Å². The number of carbonyl (C=O) groups excluding carboxylic acids is 1. The fraction of sp³-hybridized carbons (Fsp3) is 0.211. The third kappa shape index (κ3) is 5.69. The maximum absolute atomic E-state index is 12.1. The topological polar surface area (TPSA) is 47.6 Å². The van der Waals surface area contributed by atoms with E-state index >= 15 is 0 Å². The van der Waals surface area contributed by atoms with E-state index in [1.165, 1.54) is 6.08 Å². The van der Waals surface area contributed by atoms with E-state index in [0.717, 1.165) is 5.56 Å². The zero-order chi connectivity index (χ0) is 18.2. The molecule has 0 aliphatic carbocycles. The zero-order valence-electron chi connectivity index (χ0n) is 14.0. The van der Waals surface area contributed by atoms with Crippen molar-refractivity contribution in [3.63, 3.8) is 0 Å². The highest BCUT2D eigenvalue weighted by Crippen LogP contribution is 2.29. The summed E-state index contributed by atoms with van der Waals surface area (Å²) in [5.41, 5.74) is 1.33. The second-order valence-corrected chi connectivity index (χ2v) is 5.86. The third-order valence-corrected chi connectivity index (χ3v) is 3.73. The summed E-state index contributed by atoms with van der Waals surface area (Å²) in [7, 11) is 0. The van der Waals surface area contributed by atoms with Crippen LogP contribution in [-0.4, -0.2) is 19.1 Å². The van der Waals surface area contributed by atoms with E-state index in [4.69, 9.17) is 32.7 Å². The number of amides is 1. The molecule has 0 aromatic heterocycles. The first-order valence-electron chi connectivity index (χ1n) is 7.87. The monoisotopic (exact) mass is 379 g/mol. The van der Waals surface area contributed by atoms with Crippen LogP contribution in [0.1, 0.15) is 19.4 Å². The van der Waals surface area contributed by atoms with Gasteiger partial charge in [0.25, 0.3) is 0 Å². The van der Waals surface area contributed by atoms with Crippen LogP contribution >= 0.6 is 23.2 Å². The molecule has 2 aromatic carbocycles. The minimum Gasteiger partial charge on any atom is -0.490 e. The van der Waals surface area contributed by atoms with Crippen LogP contribution in [0, 0.1) is 0 Å². The van der Waals surface area contributed by atoms with Crippen molar-refractivity contribution in [3.05, 3.63) is 58.1 Å². The minimum atomic E-state index is -0.295. The maximum Gasteiger partial charge on any atom is 0.248 e. The number of anilines is 1. The molecule has 0 aliphatic heterocycles. The Morgan fingerprint density at radius 3 is 2.44 bits per heavy atom. The molecular formula is C19H19Cl2NO3. The number of hydrogen-bond donors (Lipinski definition) is 1. The molecule has 0 fully saturated rings. The van der Waals surface area contributed by atoms with Gasteiger partial charge < -0.3 is 14.8 Å². The van der Waals surface area contributed by atoms with Crippen LogP contribution in [0.25, 0.3) is 6.08 Å². The van der Waals surface area contributed by atoms with Crippen molar-refractivity contribution in [2.45, 2.75) is 13.8 Å². The molecule has 1 N–H and O–H groups in total. The first-order chi connectivity index (χ1) is 12.0. The highest BCUT2D eigenvalue weighted by Gasteiger charge is 2.06. The summed E-state index contributed by atoms with van der Waals surface area (Å²) in [5.74, 6) is 1.03. The van der Waals surface area contributed by atoms with Gasteiger partial charge in [-0.25, -0.2) is 0 Å². The van der Waals surface area contributed by atoms with Crippen LogP contribution in [-0.2, 0) is 4.79 Å². The van der Waals surface area contributed by atoms with Crippen molar-refractivity contribution in [3.8, 4) is 11.5 Å². The van der Waals surface area contributed by atoms with Gasteiger partial charge in [0.05, 0.1) is 23.9 Å². The van der Waals surface area contributed by atoms with Crippen LogP contribution in [0.4, 0.5) is 5.69 Å². The van der Waals surface area contributed by atoms with Crippen LogP contribution in [0.5, 0.6) is 11.5 Å². The predicted octanol–water partition coefficient (Wildman–Crippen LogP) is 5.44. The van der Waals surface area contributed by atoms with Gasteiger partial charge in [0, 0.05) is 11.1 Å². The molecule has 0 saturated carbocycles. The molecule has 0 heterocycles. The highest BCUT2D eigenvalue weighted by molar-refractivity contribution is 6.36. The Balaban J connectivity index is 2.09. The molecule has 4 nitrogen and oxygen atoms in total. The Labute approximate surface area is 157 Å². The summed E-state index contributed by atoms with van der Waals surface area (Å²) in [4.78, 5) is 12.1. The van der Waals surface area contributed by atoms with Gasteiger partial charge in [-0.15, -0.1) is 0 Å². The second kappa shape index (κ2) is 9.35. The van der Waals surface area contributed by atoms with Gasteiger partial charge >= 0.3 is 0 Å². The van der Waals surface area contributed by atoms with Crippen molar-refractivity contribution >= 4 is 40.9 Å². The lowest BCUT2D eigenvalue weighted by molar-refractivity contribution is -0.111. The number of nitrogens with one attached hydrogen (secondary N) is 1. The van der Waals surface area contributed by atoms with Gasteiger partial charge in [-0.05, 0) is 55.8 Å². The number of carbonyl (C=O) groups is 1. The Morgan fingerprint density at radius 2 is 1.76 bits per heavy atom. The molecule has 0 aliphatic rings. The Morgan fingerprint density at radius 1 is 1.04 bits per heavy atom. The van der Waals surface area contributed by atoms with Crippen molar-refractivity contribution in [2.24, 2.45) is 0 Å². The number of hydrogen-bond acceptors (Lipinski definition) is 3. The molecule has 25 heavy (non-hydrogen) atoms. The Kier molecular flexibility index (Phi) is 7.16. The molecule has 0 saturated heterocycles. The van der Waals surface area contributed by atoms with E-state index < -0.39 is 0 Å². The van der Waals surface area contributed by atoms with E-state index in [-0.39, 0.29) is 5.91 Å². The van der Waals surface area contributed by atoms with E-state index in [9.17, 15) is 4.79 Å². The Hall–Kier alpha value is -2.17. The first kappa shape index (κ1) is 19.2. The maximum atomic E-state index is 12.1. The van der Waals surface area contributed by atoms with Crippen molar-refractivity contribution in [2.75, 3.05) is 18.5 Å². The summed E-state index contributed by atoms with van der Waals surface area (Å²) < 4.78 is 11.1. The molecule has 0 spiro atoms. The van der Waals surface area contributed by atoms with E-state index in [1.807, 2.05) is 32.0 Å². The smallest absolute Gasteiger partial charge is 0.248 e. The van der Waals surface area contributed by atoms with Crippen LogP contribution in [0.2, 0.25) is 10.0 Å². The number of rotatable bonds is 7. The van der Waals surface area contributed by atoms with E-state index in [0.29, 0.717) is 40.4 Å². The predicted molar refractivity (Wildman–Crippen MR) is 103 cm³/mol. The average molecular weight is 380 g/mol. The molecule has 0 radical (unpaired) electrons. The molecule has 2 rings (SSSR count). The molecular weight excluding hydrogens is 361 g/mol. The molecule has 2 aromatic rings. The number of benzene rings is 2. The molecule has 132 valence electrons. The van der Waals surface area contributed by atoms with Gasteiger partial charge in [-0.2, -0.15) is 0 Å². The summed E-state index contributed by atoms with van der Waals surface area (Å²) in [6, 6.07) is 10.4. The SMILES string of the molecule is CCOc1ccc(/C=C/C(=O)Nc2ccc(Cl)cc2Cl)cc1OCC. The van der Waals surface area contributed by atoms with Gasteiger partial charge in [-0.3, -0.25) is 4.79 Å². The second-order valence-electron chi connectivity index (χ2n) is 5.02. The van der Waals surface area contributed by atoms with Gasteiger partial charge in [0.1, 0.15) is 0 Å². The number of ether oxygens (including phenoxy) is 2. The van der Waals surface area contributed by atoms with Crippen LogP contribution in [0.15, 0.2) is 42.5 Å². The Bertz CT molecular complexity index is 775. The molecule has 0 atom stereocenters. The van der Waals surface area contributed by atoms with E-state index in [1.54, 1.807) is 24.3 Å². The zero-order valence-corrected chi connectivity index (χ0v) is 15.5.